The van der Waals surface area contributed by atoms with Crippen LogP contribution in [0, 0.1) is 0 Å². The Labute approximate surface area is 107 Å². The largest absolute Gasteiger partial charge is 0.508 e. The molecule has 1 aromatic carbocycles. The molecule has 1 unspecified atom stereocenters. The molecule has 2 heterocycles. The van der Waals surface area contributed by atoms with E-state index in [1.165, 1.54) is 17.4 Å². The molecule has 0 bridgehead atoms. The maximum absolute atomic E-state index is 11.2. The number of phenols is 1. The summed E-state index contributed by atoms with van der Waals surface area (Å²) < 4.78 is 5.60. The summed E-state index contributed by atoms with van der Waals surface area (Å²) >= 11 is 1.48. The SMILES string of the molecule is O=CC1/C(=C/c2cscn2)Oc2cc(O)ccc21. The first-order chi connectivity index (χ1) is 8.78. The lowest BCUT2D eigenvalue weighted by Crippen LogP contribution is -1.99. The molecule has 0 spiro atoms. The molecule has 18 heavy (non-hydrogen) atoms. The van der Waals surface area contributed by atoms with Gasteiger partial charge in [0.05, 0.1) is 11.2 Å². The van der Waals surface area contributed by atoms with Crippen LogP contribution in [0.3, 0.4) is 0 Å². The van der Waals surface area contributed by atoms with Gasteiger partial charge in [-0.2, -0.15) is 0 Å². The standard InChI is InChI=1S/C13H9NO3S/c15-5-11-10-2-1-9(16)4-13(10)17-12(11)3-8-6-18-7-14-8/h1-7,11,16H/b12-3-. The van der Waals surface area contributed by atoms with Crippen LogP contribution in [0.1, 0.15) is 17.2 Å². The number of carbonyl (C=O) groups excluding carboxylic acids is 1. The summed E-state index contributed by atoms with van der Waals surface area (Å²) in [4.78, 5) is 15.3. The lowest BCUT2D eigenvalue weighted by atomic mass is 10.00. The Balaban J connectivity index is 2.03. The second-order valence-electron chi connectivity index (χ2n) is 3.90. The molecule has 1 N–H and O–H groups in total. The summed E-state index contributed by atoms with van der Waals surface area (Å²) in [5, 5.41) is 11.3. The molecule has 90 valence electrons. The van der Waals surface area contributed by atoms with Crippen molar-refractivity contribution in [2.45, 2.75) is 5.92 Å². The second kappa shape index (κ2) is 4.27. The van der Waals surface area contributed by atoms with Gasteiger partial charge < -0.3 is 14.6 Å². The number of benzene rings is 1. The van der Waals surface area contributed by atoms with Gasteiger partial charge in [0.1, 0.15) is 29.5 Å². The molecule has 4 nitrogen and oxygen atoms in total. The maximum atomic E-state index is 11.2. The molecule has 0 saturated carbocycles. The minimum atomic E-state index is -0.428. The van der Waals surface area contributed by atoms with E-state index >= 15 is 0 Å². The third-order valence-electron chi connectivity index (χ3n) is 2.74. The van der Waals surface area contributed by atoms with Crippen molar-refractivity contribution >= 4 is 23.7 Å². The normalized spacial score (nSPS) is 19.6. The van der Waals surface area contributed by atoms with E-state index in [9.17, 15) is 9.90 Å². The number of ether oxygens (including phenoxy) is 1. The highest BCUT2D eigenvalue weighted by molar-refractivity contribution is 7.07. The molecule has 0 fully saturated rings. The first kappa shape index (κ1) is 11.0. The first-order valence-electron chi connectivity index (χ1n) is 5.34. The first-order valence-corrected chi connectivity index (χ1v) is 6.28. The van der Waals surface area contributed by atoms with Crippen molar-refractivity contribution in [2.75, 3.05) is 0 Å². The van der Waals surface area contributed by atoms with Gasteiger partial charge in [-0.15, -0.1) is 11.3 Å². The summed E-state index contributed by atoms with van der Waals surface area (Å²) in [6.45, 7) is 0. The third kappa shape index (κ3) is 1.78. The molecule has 1 aliphatic rings. The summed E-state index contributed by atoms with van der Waals surface area (Å²) in [6.07, 6.45) is 2.58. The van der Waals surface area contributed by atoms with Crippen molar-refractivity contribution in [3.63, 3.8) is 0 Å². The molecule has 1 aliphatic heterocycles. The minimum Gasteiger partial charge on any atom is -0.508 e. The van der Waals surface area contributed by atoms with Gasteiger partial charge in [0.2, 0.25) is 0 Å². The van der Waals surface area contributed by atoms with E-state index in [2.05, 4.69) is 4.98 Å². The maximum Gasteiger partial charge on any atom is 0.135 e. The Morgan fingerprint density at radius 1 is 1.44 bits per heavy atom. The fourth-order valence-corrected chi connectivity index (χ4v) is 2.42. The van der Waals surface area contributed by atoms with Crippen LogP contribution in [0.15, 0.2) is 34.8 Å². The molecule has 0 saturated heterocycles. The number of hydrogen-bond donors (Lipinski definition) is 1. The highest BCUT2D eigenvalue weighted by Gasteiger charge is 2.29. The summed E-state index contributed by atoms with van der Waals surface area (Å²) in [5.41, 5.74) is 3.25. The fraction of sp³-hybridized carbons (Fsp3) is 0.0769. The molecule has 1 atom stereocenters. The number of aromatic nitrogens is 1. The molecule has 3 rings (SSSR count). The number of aromatic hydroxyl groups is 1. The number of fused-ring (bicyclic) bond motifs is 1. The van der Waals surface area contributed by atoms with Crippen molar-refractivity contribution in [3.8, 4) is 11.5 Å². The van der Waals surface area contributed by atoms with Gasteiger partial charge in [0.25, 0.3) is 0 Å². The Morgan fingerprint density at radius 2 is 2.33 bits per heavy atom. The lowest BCUT2D eigenvalue weighted by Gasteiger charge is -2.01. The van der Waals surface area contributed by atoms with Gasteiger partial charge in [-0.1, -0.05) is 6.07 Å². The zero-order valence-corrected chi connectivity index (χ0v) is 10.1. The Hall–Kier alpha value is -2.14. The third-order valence-corrected chi connectivity index (χ3v) is 3.35. The fourth-order valence-electron chi connectivity index (χ4n) is 1.91. The van der Waals surface area contributed by atoms with Crippen molar-refractivity contribution < 1.29 is 14.6 Å². The summed E-state index contributed by atoms with van der Waals surface area (Å²) in [5.74, 6) is 0.751. The van der Waals surface area contributed by atoms with Gasteiger partial charge in [-0.05, 0) is 6.07 Å². The quantitative estimate of drug-likeness (QED) is 0.842. The minimum absolute atomic E-state index is 0.119. The monoisotopic (exact) mass is 259 g/mol. The Morgan fingerprint density at radius 3 is 3.06 bits per heavy atom. The smallest absolute Gasteiger partial charge is 0.135 e. The average Bonchev–Trinajstić information content (AvgIpc) is 2.96. The number of aldehydes is 1. The number of thiazole rings is 1. The van der Waals surface area contributed by atoms with Crippen LogP contribution in [-0.4, -0.2) is 16.4 Å². The zero-order chi connectivity index (χ0) is 12.5. The molecule has 2 aromatic rings. The van der Waals surface area contributed by atoms with Crippen LogP contribution in [0.4, 0.5) is 0 Å². The molecule has 0 amide bonds. The zero-order valence-electron chi connectivity index (χ0n) is 9.24. The molecule has 0 radical (unpaired) electrons. The van der Waals surface area contributed by atoms with E-state index < -0.39 is 5.92 Å². The number of nitrogens with zero attached hydrogens (tertiary/aromatic N) is 1. The number of carbonyl (C=O) groups is 1. The molecule has 0 aliphatic carbocycles. The van der Waals surface area contributed by atoms with E-state index in [0.717, 1.165) is 17.5 Å². The lowest BCUT2D eigenvalue weighted by molar-refractivity contribution is -0.108. The van der Waals surface area contributed by atoms with Crippen molar-refractivity contribution in [2.24, 2.45) is 0 Å². The van der Waals surface area contributed by atoms with E-state index in [0.29, 0.717) is 11.5 Å². The molecular formula is C13H9NO3S. The van der Waals surface area contributed by atoms with Gasteiger partial charge in [0, 0.05) is 23.1 Å². The topological polar surface area (TPSA) is 59.4 Å². The van der Waals surface area contributed by atoms with Crippen LogP contribution < -0.4 is 4.74 Å². The van der Waals surface area contributed by atoms with E-state index in [1.54, 1.807) is 23.7 Å². The van der Waals surface area contributed by atoms with Crippen molar-refractivity contribution in [1.29, 1.82) is 0 Å². The second-order valence-corrected chi connectivity index (χ2v) is 4.62. The summed E-state index contributed by atoms with van der Waals surface area (Å²) in [7, 11) is 0. The Bertz CT molecular complexity index is 619. The van der Waals surface area contributed by atoms with Crippen LogP contribution >= 0.6 is 11.3 Å². The van der Waals surface area contributed by atoms with Crippen molar-refractivity contribution in [3.05, 3.63) is 46.1 Å². The Kier molecular flexibility index (Phi) is 2.60. The predicted octanol–water partition coefficient (Wildman–Crippen LogP) is 2.56. The van der Waals surface area contributed by atoms with E-state index in [-0.39, 0.29) is 5.75 Å². The predicted molar refractivity (Wildman–Crippen MR) is 67.6 cm³/mol. The van der Waals surface area contributed by atoms with Crippen LogP contribution in [0.25, 0.3) is 6.08 Å². The van der Waals surface area contributed by atoms with Gasteiger partial charge in [-0.3, -0.25) is 0 Å². The van der Waals surface area contributed by atoms with Crippen LogP contribution in [0.5, 0.6) is 11.5 Å². The number of hydrogen-bond acceptors (Lipinski definition) is 5. The van der Waals surface area contributed by atoms with Crippen LogP contribution in [-0.2, 0) is 4.79 Å². The van der Waals surface area contributed by atoms with Gasteiger partial charge in [-0.25, -0.2) is 4.98 Å². The van der Waals surface area contributed by atoms with Crippen molar-refractivity contribution in [1.82, 2.24) is 4.98 Å². The van der Waals surface area contributed by atoms with Gasteiger partial charge in [0.15, 0.2) is 0 Å². The number of phenolic OH excluding ortho intramolecular Hbond substituents is 1. The molecule has 1 aromatic heterocycles. The van der Waals surface area contributed by atoms with E-state index in [4.69, 9.17) is 4.74 Å². The number of rotatable bonds is 2. The highest BCUT2D eigenvalue weighted by Crippen LogP contribution is 2.41. The molecule has 5 heteroatoms. The number of allylic oxidation sites excluding steroid dienone is 1. The highest BCUT2D eigenvalue weighted by atomic mass is 32.1. The average molecular weight is 259 g/mol. The molecular weight excluding hydrogens is 250 g/mol. The van der Waals surface area contributed by atoms with Crippen LogP contribution in [0.2, 0.25) is 0 Å². The van der Waals surface area contributed by atoms with E-state index in [1.807, 2.05) is 5.38 Å². The van der Waals surface area contributed by atoms with Gasteiger partial charge >= 0.3 is 0 Å². The summed E-state index contributed by atoms with van der Waals surface area (Å²) in [6, 6.07) is 4.75.